The van der Waals surface area contributed by atoms with E-state index in [0.717, 1.165) is 37.4 Å². The predicted molar refractivity (Wildman–Crippen MR) is 114 cm³/mol. The first-order chi connectivity index (χ1) is 13.3. The van der Waals surface area contributed by atoms with Crippen LogP contribution in [0.25, 0.3) is 11.4 Å². The largest absolute Gasteiger partial charge is 0.330 e. The third kappa shape index (κ3) is 3.71. The van der Waals surface area contributed by atoms with Crippen LogP contribution < -0.4 is 0 Å². The Bertz CT molecular complexity index is 983. The summed E-state index contributed by atoms with van der Waals surface area (Å²) in [6.45, 7) is 9.40. The van der Waals surface area contributed by atoms with Gasteiger partial charge in [0.1, 0.15) is 11.0 Å². The zero-order valence-corrected chi connectivity index (χ0v) is 17.8. The van der Waals surface area contributed by atoms with Crippen molar-refractivity contribution in [3.63, 3.8) is 0 Å². The lowest BCUT2D eigenvalue weighted by molar-refractivity contribution is 0.238. The average molecular weight is 395 g/mol. The van der Waals surface area contributed by atoms with E-state index in [-0.39, 0.29) is 5.41 Å². The maximum atomic E-state index is 6.25. The van der Waals surface area contributed by atoms with Gasteiger partial charge < -0.3 is 4.57 Å². The number of aromatic nitrogens is 3. The fourth-order valence-corrected chi connectivity index (χ4v) is 4.01. The van der Waals surface area contributed by atoms with E-state index >= 15 is 0 Å². The van der Waals surface area contributed by atoms with Crippen LogP contribution in [0.1, 0.15) is 43.3 Å². The highest BCUT2D eigenvalue weighted by atomic mass is 35.5. The summed E-state index contributed by atoms with van der Waals surface area (Å²) in [4.78, 5) is 11.6. The first-order valence-corrected chi connectivity index (χ1v) is 10.2. The minimum absolute atomic E-state index is 0.160. The molecular weight excluding hydrogens is 368 g/mol. The number of hydrogen-bond donors (Lipinski definition) is 0. The molecule has 0 fully saturated rings. The summed E-state index contributed by atoms with van der Waals surface area (Å²) >= 11 is 6.25. The van der Waals surface area contributed by atoms with Gasteiger partial charge in [-0.15, -0.1) is 0 Å². The molecule has 0 spiro atoms. The minimum atomic E-state index is 0.160. The van der Waals surface area contributed by atoms with Crippen LogP contribution in [0.4, 0.5) is 0 Å². The van der Waals surface area contributed by atoms with Crippen LogP contribution >= 0.6 is 11.6 Å². The number of pyridine rings is 1. The molecule has 0 radical (unpaired) electrons. The van der Waals surface area contributed by atoms with E-state index in [9.17, 15) is 0 Å². The summed E-state index contributed by atoms with van der Waals surface area (Å²) in [6, 6.07) is 12.8. The highest BCUT2D eigenvalue weighted by Crippen LogP contribution is 2.29. The summed E-state index contributed by atoms with van der Waals surface area (Å²) in [5, 5.41) is 0.595. The van der Waals surface area contributed by atoms with Crippen molar-refractivity contribution in [3.05, 3.63) is 70.3 Å². The summed E-state index contributed by atoms with van der Waals surface area (Å²) in [5.74, 6) is 1.05. The Morgan fingerprint density at radius 2 is 1.86 bits per heavy atom. The zero-order chi connectivity index (χ0) is 19.9. The van der Waals surface area contributed by atoms with Crippen LogP contribution in [-0.2, 0) is 32.0 Å². The average Bonchev–Trinajstić information content (AvgIpc) is 2.99. The topological polar surface area (TPSA) is 34.0 Å². The second-order valence-corrected chi connectivity index (χ2v) is 8.99. The Hall–Kier alpha value is -2.17. The maximum Gasteiger partial charge on any atom is 0.140 e. The summed E-state index contributed by atoms with van der Waals surface area (Å²) < 4.78 is 2.25. The lowest BCUT2D eigenvalue weighted by Crippen LogP contribution is -2.31. The Balaban J connectivity index is 1.57. The molecule has 4 rings (SSSR count). The number of benzene rings is 1. The van der Waals surface area contributed by atoms with Crippen molar-refractivity contribution in [1.29, 1.82) is 0 Å². The molecule has 0 amide bonds. The standard InChI is InChI=1S/C23H27ClN4/c1-23(2,3)18-9-7-16(8-10-18)22-26-19-11-13-28(15-20(19)27(22)4)14-17-6-5-12-25-21(17)24/h5-10,12H,11,13-15H2,1-4H3. The molecule has 4 nitrogen and oxygen atoms in total. The summed E-state index contributed by atoms with van der Waals surface area (Å²) in [5.41, 5.74) is 6.26. The van der Waals surface area contributed by atoms with Crippen molar-refractivity contribution < 1.29 is 0 Å². The van der Waals surface area contributed by atoms with Crippen molar-refractivity contribution in [2.75, 3.05) is 6.54 Å². The van der Waals surface area contributed by atoms with Crippen molar-refractivity contribution in [3.8, 4) is 11.4 Å². The lowest BCUT2D eigenvalue weighted by atomic mass is 9.87. The van der Waals surface area contributed by atoms with Crippen LogP contribution in [0.2, 0.25) is 5.15 Å². The van der Waals surface area contributed by atoms with Crippen LogP contribution in [-0.4, -0.2) is 26.0 Å². The van der Waals surface area contributed by atoms with Crippen LogP contribution in [0.5, 0.6) is 0 Å². The van der Waals surface area contributed by atoms with Crippen molar-refractivity contribution in [2.24, 2.45) is 7.05 Å². The van der Waals surface area contributed by atoms with Gasteiger partial charge >= 0.3 is 0 Å². The lowest BCUT2D eigenvalue weighted by Gasteiger charge is -2.27. The number of nitrogens with zero attached hydrogens (tertiary/aromatic N) is 4. The van der Waals surface area contributed by atoms with Gasteiger partial charge in [0.2, 0.25) is 0 Å². The summed E-state index contributed by atoms with van der Waals surface area (Å²) in [7, 11) is 2.12. The molecule has 0 N–H and O–H groups in total. The number of fused-ring (bicyclic) bond motifs is 1. The molecule has 1 aliphatic rings. The Labute approximate surface area is 172 Å². The van der Waals surface area contributed by atoms with Gasteiger partial charge in [0.25, 0.3) is 0 Å². The Morgan fingerprint density at radius 3 is 2.54 bits per heavy atom. The van der Waals surface area contributed by atoms with Gasteiger partial charge in [-0.3, -0.25) is 4.90 Å². The molecule has 0 atom stereocenters. The van der Waals surface area contributed by atoms with E-state index in [0.29, 0.717) is 5.15 Å². The SMILES string of the molecule is Cn1c(-c2ccc(C(C)(C)C)cc2)nc2c1CN(Cc1cccnc1Cl)CC2. The van der Waals surface area contributed by atoms with E-state index in [1.807, 2.05) is 6.07 Å². The van der Waals surface area contributed by atoms with Gasteiger partial charge in [0.15, 0.2) is 0 Å². The third-order valence-electron chi connectivity index (χ3n) is 5.57. The molecule has 0 unspecified atom stereocenters. The molecule has 5 heteroatoms. The van der Waals surface area contributed by atoms with E-state index in [4.69, 9.17) is 16.6 Å². The molecule has 0 saturated carbocycles. The Kier molecular flexibility index (Phi) is 5.02. The molecule has 1 aliphatic heterocycles. The molecule has 28 heavy (non-hydrogen) atoms. The van der Waals surface area contributed by atoms with Gasteiger partial charge in [-0.2, -0.15) is 0 Å². The van der Waals surface area contributed by atoms with Crippen LogP contribution in [0.3, 0.4) is 0 Å². The predicted octanol–water partition coefficient (Wildman–Crippen LogP) is 4.99. The number of rotatable bonds is 3. The van der Waals surface area contributed by atoms with Gasteiger partial charge in [-0.25, -0.2) is 9.97 Å². The first-order valence-electron chi connectivity index (χ1n) is 9.80. The number of halogens is 1. The Morgan fingerprint density at radius 1 is 1.11 bits per heavy atom. The van der Waals surface area contributed by atoms with Gasteiger partial charge in [0, 0.05) is 50.4 Å². The second kappa shape index (κ2) is 7.34. The summed E-state index contributed by atoms with van der Waals surface area (Å²) in [6.07, 6.45) is 2.69. The van der Waals surface area contributed by atoms with E-state index in [2.05, 4.69) is 72.6 Å². The first kappa shape index (κ1) is 19.2. The van der Waals surface area contributed by atoms with Gasteiger partial charge in [0.05, 0.1) is 11.4 Å². The smallest absolute Gasteiger partial charge is 0.140 e. The van der Waals surface area contributed by atoms with Crippen molar-refractivity contribution >= 4 is 11.6 Å². The zero-order valence-electron chi connectivity index (χ0n) is 17.0. The molecule has 3 aromatic rings. The molecule has 1 aromatic carbocycles. The molecule has 3 heterocycles. The third-order valence-corrected chi connectivity index (χ3v) is 5.91. The quantitative estimate of drug-likeness (QED) is 0.587. The van der Waals surface area contributed by atoms with E-state index in [1.54, 1.807) is 6.20 Å². The highest BCUT2D eigenvalue weighted by molar-refractivity contribution is 6.30. The fraction of sp³-hybridized carbons (Fsp3) is 0.391. The normalized spacial score (nSPS) is 14.9. The second-order valence-electron chi connectivity index (χ2n) is 8.63. The molecule has 0 saturated heterocycles. The highest BCUT2D eigenvalue weighted by Gasteiger charge is 2.24. The number of imidazole rings is 1. The van der Waals surface area contributed by atoms with Gasteiger partial charge in [-0.05, 0) is 17.0 Å². The van der Waals surface area contributed by atoms with Gasteiger partial charge in [-0.1, -0.05) is 62.7 Å². The minimum Gasteiger partial charge on any atom is -0.330 e. The fourth-order valence-electron chi connectivity index (χ4n) is 3.83. The van der Waals surface area contributed by atoms with Crippen molar-refractivity contribution in [1.82, 2.24) is 19.4 Å². The molecule has 0 bridgehead atoms. The molecule has 146 valence electrons. The van der Waals surface area contributed by atoms with E-state index in [1.165, 1.54) is 22.5 Å². The number of hydrogen-bond acceptors (Lipinski definition) is 3. The van der Waals surface area contributed by atoms with Crippen LogP contribution in [0.15, 0.2) is 42.6 Å². The molecule has 2 aromatic heterocycles. The molecule has 0 aliphatic carbocycles. The monoisotopic (exact) mass is 394 g/mol. The maximum absolute atomic E-state index is 6.25. The van der Waals surface area contributed by atoms with Crippen LogP contribution in [0, 0.1) is 0 Å². The van der Waals surface area contributed by atoms with Crippen molar-refractivity contribution in [2.45, 2.75) is 45.7 Å². The molecular formula is C23H27ClN4. The van der Waals surface area contributed by atoms with E-state index < -0.39 is 0 Å².